The summed E-state index contributed by atoms with van der Waals surface area (Å²) >= 11 is 0. The predicted molar refractivity (Wildman–Crippen MR) is 106 cm³/mol. The third-order valence-corrected chi connectivity index (χ3v) is 4.97. The third kappa shape index (κ3) is 4.78. The number of carbonyl (C=O) groups excluding carboxylic acids is 1. The number of carbonyl (C=O) groups is 1. The largest absolute Gasteiger partial charge is 0.494 e. The Morgan fingerprint density at radius 2 is 1.73 bits per heavy atom. The number of hydrogen-bond donors (Lipinski definition) is 1. The van der Waals surface area contributed by atoms with Crippen LogP contribution in [0.3, 0.4) is 0 Å². The summed E-state index contributed by atoms with van der Waals surface area (Å²) in [5, 5.41) is 3.08. The van der Waals surface area contributed by atoms with Crippen LogP contribution in [0.15, 0.2) is 48.5 Å². The average Bonchev–Trinajstić information content (AvgIpc) is 2.68. The number of nitrogens with zero attached hydrogens (tertiary/aromatic N) is 1. The van der Waals surface area contributed by atoms with Crippen LogP contribution in [-0.2, 0) is 11.3 Å². The molecule has 26 heavy (non-hydrogen) atoms. The standard InChI is InChI=1S/C22H28N2O2/c1-3-26-21-10-6-18(7-11-21)16-23-22(25)19-12-14-24(15-13-19)20-8-4-17(2)5-9-20/h4-11,19H,3,12-16H2,1-2H3,(H,23,25). The van der Waals surface area contributed by atoms with E-state index in [1.807, 2.05) is 31.2 Å². The van der Waals surface area contributed by atoms with Gasteiger partial charge in [-0.2, -0.15) is 0 Å². The highest BCUT2D eigenvalue weighted by Gasteiger charge is 2.24. The van der Waals surface area contributed by atoms with E-state index >= 15 is 0 Å². The minimum absolute atomic E-state index is 0.111. The van der Waals surface area contributed by atoms with Crippen molar-refractivity contribution in [2.45, 2.75) is 33.2 Å². The van der Waals surface area contributed by atoms with Crippen molar-refractivity contribution in [2.75, 3.05) is 24.6 Å². The minimum Gasteiger partial charge on any atom is -0.494 e. The van der Waals surface area contributed by atoms with Gasteiger partial charge in [-0.3, -0.25) is 4.79 Å². The smallest absolute Gasteiger partial charge is 0.223 e. The normalized spacial score (nSPS) is 14.9. The molecule has 138 valence electrons. The summed E-state index contributed by atoms with van der Waals surface area (Å²) in [6.07, 6.45) is 1.81. The van der Waals surface area contributed by atoms with Gasteiger partial charge in [0.15, 0.2) is 0 Å². The first-order valence-electron chi connectivity index (χ1n) is 9.47. The Bertz CT molecular complexity index is 702. The van der Waals surface area contributed by atoms with Crippen molar-refractivity contribution in [3.63, 3.8) is 0 Å². The molecule has 0 bridgehead atoms. The molecule has 1 amide bonds. The Hall–Kier alpha value is -2.49. The molecule has 3 rings (SSSR count). The number of ether oxygens (including phenoxy) is 1. The summed E-state index contributed by atoms with van der Waals surface area (Å²) in [4.78, 5) is 14.8. The summed E-state index contributed by atoms with van der Waals surface area (Å²) in [5.74, 6) is 1.15. The Labute approximate surface area is 156 Å². The van der Waals surface area contributed by atoms with Gasteiger partial charge < -0.3 is 15.0 Å². The monoisotopic (exact) mass is 352 g/mol. The molecule has 0 saturated carbocycles. The fourth-order valence-electron chi connectivity index (χ4n) is 3.36. The van der Waals surface area contributed by atoms with E-state index in [2.05, 4.69) is 41.4 Å². The van der Waals surface area contributed by atoms with Gasteiger partial charge in [-0.15, -0.1) is 0 Å². The summed E-state index contributed by atoms with van der Waals surface area (Å²) < 4.78 is 5.44. The van der Waals surface area contributed by atoms with E-state index in [0.29, 0.717) is 13.2 Å². The Morgan fingerprint density at radius 3 is 2.35 bits per heavy atom. The Kier molecular flexibility index (Phi) is 6.16. The number of hydrogen-bond acceptors (Lipinski definition) is 3. The maximum Gasteiger partial charge on any atom is 0.223 e. The van der Waals surface area contributed by atoms with Gasteiger partial charge in [0.2, 0.25) is 5.91 Å². The molecule has 1 N–H and O–H groups in total. The summed E-state index contributed by atoms with van der Waals surface area (Å²) in [5.41, 5.74) is 3.63. The molecular formula is C22H28N2O2. The van der Waals surface area contributed by atoms with Gasteiger partial charge >= 0.3 is 0 Å². The third-order valence-electron chi connectivity index (χ3n) is 4.97. The van der Waals surface area contributed by atoms with Gasteiger partial charge in [0.25, 0.3) is 0 Å². The van der Waals surface area contributed by atoms with Crippen molar-refractivity contribution >= 4 is 11.6 Å². The molecule has 1 fully saturated rings. The first-order chi connectivity index (χ1) is 12.7. The van der Waals surface area contributed by atoms with Crippen LogP contribution in [-0.4, -0.2) is 25.6 Å². The summed E-state index contributed by atoms with van der Waals surface area (Å²) in [6.45, 7) is 7.18. The van der Waals surface area contributed by atoms with E-state index in [4.69, 9.17) is 4.74 Å². The second-order valence-electron chi connectivity index (χ2n) is 6.89. The predicted octanol–water partition coefficient (Wildman–Crippen LogP) is 3.93. The molecule has 0 radical (unpaired) electrons. The number of amides is 1. The molecule has 2 aromatic carbocycles. The summed E-state index contributed by atoms with van der Waals surface area (Å²) in [6, 6.07) is 16.5. The van der Waals surface area contributed by atoms with E-state index in [0.717, 1.165) is 37.2 Å². The average molecular weight is 352 g/mol. The van der Waals surface area contributed by atoms with Gasteiger partial charge in [-0.1, -0.05) is 29.8 Å². The molecular weight excluding hydrogens is 324 g/mol. The van der Waals surface area contributed by atoms with E-state index in [-0.39, 0.29) is 11.8 Å². The van der Waals surface area contributed by atoms with Gasteiger partial charge in [0, 0.05) is 31.2 Å². The lowest BCUT2D eigenvalue weighted by molar-refractivity contribution is -0.125. The molecule has 0 spiro atoms. The van der Waals surface area contributed by atoms with Gasteiger partial charge in [0.05, 0.1) is 6.61 Å². The molecule has 0 atom stereocenters. The number of anilines is 1. The quantitative estimate of drug-likeness (QED) is 0.856. The van der Waals surface area contributed by atoms with Crippen LogP contribution in [0.25, 0.3) is 0 Å². The van der Waals surface area contributed by atoms with Crippen molar-refractivity contribution in [2.24, 2.45) is 5.92 Å². The number of aryl methyl sites for hydroxylation is 1. The van der Waals surface area contributed by atoms with Crippen LogP contribution >= 0.6 is 0 Å². The van der Waals surface area contributed by atoms with Crippen molar-refractivity contribution in [3.05, 3.63) is 59.7 Å². The van der Waals surface area contributed by atoms with Gasteiger partial charge in [-0.05, 0) is 56.5 Å². The van der Waals surface area contributed by atoms with Crippen molar-refractivity contribution in [3.8, 4) is 5.75 Å². The maximum atomic E-state index is 12.5. The lowest BCUT2D eigenvalue weighted by Crippen LogP contribution is -2.40. The number of nitrogens with one attached hydrogen (secondary N) is 1. The van der Waals surface area contributed by atoms with Crippen LogP contribution in [0, 0.1) is 12.8 Å². The molecule has 1 heterocycles. The SMILES string of the molecule is CCOc1ccc(CNC(=O)C2CCN(c3ccc(C)cc3)CC2)cc1. The first-order valence-corrected chi connectivity index (χ1v) is 9.47. The van der Waals surface area contributed by atoms with Crippen molar-refractivity contribution < 1.29 is 9.53 Å². The zero-order valence-electron chi connectivity index (χ0n) is 15.7. The fraction of sp³-hybridized carbons (Fsp3) is 0.409. The zero-order valence-corrected chi connectivity index (χ0v) is 15.7. The topological polar surface area (TPSA) is 41.6 Å². The Balaban J connectivity index is 1.45. The molecule has 1 saturated heterocycles. The highest BCUT2D eigenvalue weighted by atomic mass is 16.5. The Morgan fingerprint density at radius 1 is 1.08 bits per heavy atom. The lowest BCUT2D eigenvalue weighted by atomic mass is 9.95. The molecule has 1 aliphatic heterocycles. The van der Waals surface area contributed by atoms with E-state index in [9.17, 15) is 4.79 Å². The second-order valence-corrected chi connectivity index (χ2v) is 6.89. The molecule has 0 unspecified atom stereocenters. The number of piperidine rings is 1. The summed E-state index contributed by atoms with van der Waals surface area (Å²) in [7, 11) is 0. The highest BCUT2D eigenvalue weighted by Crippen LogP contribution is 2.24. The van der Waals surface area contributed by atoms with Crippen LogP contribution in [0.2, 0.25) is 0 Å². The first kappa shape index (κ1) is 18.3. The van der Waals surface area contributed by atoms with Gasteiger partial charge in [0.1, 0.15) is 5.75 Å². The number of rotatable bonds is 6. The van der Waals surface area contributed by atoms with E-state index < -0.39 is 0 Å². The molecule has 2 aromatic rings. The van der Waals surface area contributed by atoms with Crippen molar-refractivity contribution in [1.29, 1.82) is 0 Å². The van der Waals surface area contributed by atoms with Crippen LogP contribution in [0.5, 0.6) is 5.75 Å². The van der Waals surface area contributed by atoms with Crippen molar-refractivity contribution in [1.82, 2.24) is 5.32 Å². The highest BCUT2D eigenvalue weighted by molar-refractivity contribution is 5.79. The van der Waals surface area contributed by atoms with E-state index in [1.165, 1.54) is 11.3 Å². The fourth-order valence-corrected chi connectivity index (χ4v) is 3.36. The lowest BCUT2D eigenvalue weighted by Gasteiger charge is -2.33. The maximum absolute atomic E-state index is 12.5. The molecule has 4 nitrogen and oxygen atoms in total. The van der Waals surface area contributed by atoms with Gasteiger partial charge in [-0.25, -0.2) is 0 Å². The molecule has 0 aliphatic carbocycles. The van der Waals surface area contributed by atoms with Crippen LogP contribution in [0.1, 0.15) is 30.9 Å². The molecule has 1 aliphatic rings. The molecule has 4 heteroatoms. The van der Waals surface area contributed by atoms with Crippen LogP contribution < -0.4 is 15.0 Å². The number of benzene rings is 2. The van der Waals surface area contributed by atoms with E-state index in [1.54, 1.807) is 0 Å². The second kappa shape index (κ2) is 8.75. The van der Waals surface area contributed by atoms with Crippen LogP contribution in [0.4, 0.5) is 5.69 Å². The minimum atomic E-state index is 0.111. The zero-order chi connectivity index (χ0) is 18.4. The molecule has 0 aromatic heterocycles.